The predicted molar refractivity (Wildman–Crippen MR) is 62.1 cm³/mol. The molecular weight excluding hydrogens is 208 g/mol. The lowest BCUT2D eigenvalue weighted by Crippen LogP contribution is -2.37. The average Bonchev–Trinajstić information content (AvgIpc) is 2.31. The Morgan fingerprint density at radius 1 is 0.875 bits per heavy atom. The van der Waals surface area contributed by atoms with Crippen LogP contribution in [0.1, 0.15) is 40.5 Å². The first-order valence-corrected chi connectivity index (χ1v) is 5.67. The van der Waals surface area contributed by atoms with Crippen LogP contribution in [0.4, 0.5) is 0 Å². The molecule has 2 atom stereocenters. The Balaban J connectivity index is 2.82. The van der Waals surface area contributed by atoms with E-state index in [1.807, 2.05) is 27.7 Å². The highest BCUT2D eigenvalue weighted by atomic mass is 16.5. The van der Waals surface area contributed by atoms with E-state index in [2.05, 4.69) is 0 Å². The van der Waals surface area contributed by atoms with Gasteiger partial charge in [0.25, 0.3) is 10.9 Å². The Morgan fingerprint density at radius 2 is 1.19 bits per heavy atom. The number of hydrogen-bond acceptors (Lipinski definition) is 4. The molecule has 0 aliphatic carbocycles. The van der Waals surface area contributed by atoms with Crippen LogP contribution >= 0.6 is 0 Å². The third kappa shape index (κ3) is 2.43. The molecule has 1 rings (SSSR count). The van der Waals surface area contributed by atoms with Crippen LogP contribution in [-0.2, 0) is 0 Å². The molecule has 1 aromatic carbocycles. The standard InChI is InChI=1S/C12H18O4/c1-5-7(3)15-11-9(13)10(14)12(11)16-8(4)6-2/h7-8H,5-6H2,1-4H3/t7-,8-/m1/s1. The second-order valence-corrected chi connectivity index (χ2v) is 3.99. The van der Waals surface area contributed by atoms with Crippen LogP contribution in [0.3, 0.4) is 0 Å². The van der Waals surface area contributed by atoms with E-state index >= 15 is 0 Å². The summed E-state index contributed by atoms with van der Waals surface area (Å²) in [7, 11) is 0. The van der Waals surface area contributed by atoms with Gasteiger partial charge in [-0.05, 0) is 26.7 Å². The molecule has 0 aliphatic heterocycles. The summed E-state index contributed by atoms with van der Waals surface area (Å²) in [5.74, 6) is 0.194. The molecule has 0 aromatic heterocycles. The minimum atomic E-state index is -0.571. The van der Waals surface area contributed by atoms with E-state index in [0.717, 1.165) is 12.8 Å². The summed E-state index contributed by atoms with van der Waals surface area (Å²) >= 11 is 0. The highest BCUT2D eigenvalue weighted by Crippen LogP contribution is 2.23. The van der Waals surface area contributed by atoms with Gasteiger partial charge in [-0.15, -0.1) is 0 Å². The van der Waals surface area contributed by atoms with Gasteiger partial charge >= 0.3 is 0 Å². The fourth-order valence-electron chi connectivity index (χ4n) is 1.13. The Kier molecular flexibility index (Phi) is 4.10. The van der Waals surface area contributed by atoms with Crippen molar-refractivity contribution in [1.29, 1.82) is 0 Å². The first-order chi connectivity index (χ1) is 7.51. The summed E-state index contributed by atoms with van der Waals surface area (Å²) in [6.45, 7) is 7.60. The topological polar surface area (TPSA) is 52.6 Å². The van der Waals surface area contributed by atoms with Gasteiger partial charge < -0.3 is 9.47 Å². The van der Waals surface area contributed by atoms with E-state index < -0.39 is 10.9 Å². The Morgan fingerprint density at radius 3 is 1.44 bits per heavy atom. The normalized spacial score (nSPS) is 14.8. The lowest BCUT2D eigenvalue weighted by molar-refractivity contribution is 0.168. The molecule has 16 heavy (non-hydrogen) atoms. The smallest absolute Gasteiger partial charge is 0.275 e. The zero-order valence-electron chi connectivity index (χ0n) is 10.2. The zero-order chi connectivity index (χ0) is 12.3. The van der Waals surface area contributed by atoms with Crippen molar-refractivity contribution in [2.45, 2.75) is 52.7 Å². The molecule has 4 heteroatoms. The summed E-state index contributed by atoms with van der Waals surface area (Å²) in [6.07, 6.45) is 1.40. The largest absolute Gasteiger partial charge is 0.483 e. The second-order valence-electron chi connectivity index (χ2n) is 3.99. The molecule has 90 valence electrons. The molecular formula is C12H18O4. The summed E-state index contributed by atoms with van der Waals surface area (Å²) in [5, 5.41) is 0. The third-order valence-corrected chi connectivity index (χ3v) is 2.61. The summed E-state index contributed by atoms with van der Waals surface area (Å²) < 4.78 is 10.7. The lowest BCUT2D eigenvalue weighted by Gasteiger charge is -2.19. The molecule has 0 N–H and O–H groups in total. The van der Waals surface area contributed by atoms with Crippen molar-refractivity contribution < 1.29 is 9.47 Å². The van der Waals surface area contributed by atoms with E-state index in [-0.39, 0.29) is 23.7 Å². The first-order valence-electron chi connectivity index (χ1n) is 5.67. The van der Waals surface area contributed by atoms with E-state index in [9.17, 15) is 9.59 Å². The number of ether oxygens (including phenoxy) is 2. The minimum Gasteiger partial charge on any atom is -0.483 e. The molecule has 0 fully saturated rings. The van der Waals surface area contributed by atoms with Crippen molar-refractivity contribution in [3.63, 3.8) is 0 Å². The number of rotatable bonds is 6. The highest BCUT2D eigenvalue weighted by molar-refractivity contribution is 5.46. The Bertz CT molecular complexity index is 375. The van der Waals surface area contributed by atoms with Gasteiger partial charge in [0, 0.05) is 0 Å². The molecule has 4 nitrogen and oxygen atoms in total. The molecule has 1 aromatic rings. The third-order valence-electron chi connectivity index (χ3n) is 2.61. The van der Waals surface area contributed by atoms with E-state index in [0.29, 0.717) is 0 Å². The molecule has 0 saturated heterocycles. The van der Waals surface area contributed by atoms with Gasteiger partial charge in [-0.1, -0.05) is 13.8 Å². The lowest BCUT2D eigenvalue weighted by atomic mass is 10.2. The van der Waals surface area contributed by atoms with E-state index in [4.69, 9.17) is 9.47 Å². The van der Waals surface area contributed by atoms with Crippen LogP contribution in [0.15, 0.2) is 9.59 Å². The Hall–Kier alpha value is -1.32. The molecule has 0 unspecified atom stereocenters. The maximum Gasteiger partial charge on any atom is 0.275 e. The summed E-state index contributed by atoms with van der Waals surface area (Å²) in [6, 6.07) is 0. The highest BCUT2D eigenvalue weighted by Gasteiger charge is 2.26. The van der Waals surface area contributed by atoms with Crippen LogP contribution in [0.2, 0.25) is 0 Å². The van der Waals surface area contributed by atoms with Crippen molar-refractivity contribution in [2.75, 3.05) is 0 Å². The van der Waals surface area contributed by atoms with Gasteiger partial charge in [0.15, 0.2) is 0 Å². The maximum absolute atomic E-state index is 11.3. The van der Waals surface area contributed by atoms with Crippen LogP contribution in [0.25, 0.3) is 0 Å². The summed E-state index contributed by atoms with van der Waals surface area (Å²) in [5.41, 5.74) is -1.14. The van der Waals surface area contributed by atoms with Gasteiger partial charge in [0.1, 0.15) is 0 Å². The van der Waals surface area contributed by atoms with Crippen LogP contribution < -0.4 is 20.3 Å². The first kappa shape index (κ1) is 12.7. The fraction of sp³-hybridized carbons (Fsp3) is 0.667. The minimum absolute atomic E-state index is 0.0809. The zero-order valence-corrected chi connectivity index (χ0v) is 10.2. The molecule has 0 radical (unpaired) electrons. The SMILES string of the molecule is CC[C@@H](C)Oc1c(O[C@H](C)CC)c(=O)c1=O. The quantitative estimate of drug-likeness (QED) is 0.692. The molecule has 0 amide bonds. The van der Waals surface area contributed by atoms with E-state index in [1.54, 1.807) is 0 Å². The van der Waals surface area contributed by atoms with Crippen molar-refractivity contribution >= 4 is 0 Å². The van der Waals surface area contributed by atoms with Crippen molar-refractivity contribution in [3.8, 4) is 11.5 Å². The van der Waals surface area contributed by atoms with Gasteiger partial charge in [0.2, 0.25) is 11.5 Å². The molecule has 0 spiro atoms. The van der Waals surface area contributed by atoms with Gasteiger partial charge in [-0.3, -0.25) is 9.59 Å². The summed E-state index contributed by atoms with van der Waals surface area (Å²) in [4.78, 5) is 22.6. The molecule has 0 heterocycles. The van der Waals surface area contributed by atoms with Crippen LogP contribution in [-0.4, -0.2) is 12.2 Å². The Labute approximate surface area is 94.9 Å². The second kappa shape index (κ2) is 5.14. The predicted octanol–water partition coefficient (Wildman–Crippen LogP) is 1.64. The average molecular weight is 226 g/mol. The van der Waals surface area contributed by atoms with Gasteiger partial charge in [-0.25, -0.2) is 0 Å². The molecule has 0 saturated carbocycles. The van der Waals surface area contributed by atoms with Gasteiger partial charge in [0.05, 0.1) is 12.2 Å². The van der Waals surface area contributed by atoms with Crippen molar-refractivity contribution in [1.82, 2.24) is 0 Å². The molecule has 0 bridgehead atoms. The monoisotopic (exact) mass is 226 g/mol. The van der Waals surface area contributed by atoms with Crippen LogP contribution in [0, 0.1) is 0 Å². The van der Waals surface area contributed by atoms with Crippen molar-refractivity contribution in [3.05, 3.63) is 20.4 Å². The molecule has 0 aliphatic rings. The fourth-order valence-corrected chi connectivity index (χ4v) is 1.13. The number of hydrogen-bond donors (Lipinski definition) is 0. The van der Waals surface area contributed by atoms with E-state index in [1.165, 1.54) is 0 Å². The van der Waals surface area contributed by atoms with Gasteiger partial charge in [-0.2, -0.15) is 0 Å². The van der Waals surface area contributed by atoms with Crippen molar-refractivity contribution in [2.24, 2.45) is 0 Å². The maximum atomic E-state index is 11.3. The van der Waals surface area contributed by atoms with Crippen LogP contribution in [0.5, 0.6) is 11.5 Å².